The lowest BCUT2D eigenvalue weighted by Crippen LogP contribution is -2.32. The highest BCUT2D eigenvalue weighted by molar-refractivity contribution is 5.86. The fraction of sp³-hybridized carbons (Fsp3) is 0.562. The van der Waals surface area contributed by atoms with Crippen molar-refractivity contribution in [3.05, 3.63) is 34.4 Å². The van der Waals surface area contributed by atoms with Crippen molar-refractivity contribution in [3.63, 3.8) is 0 Å². The summed E-state index contributed by atoms with van der Waals surface area (Å²) in [6, 6.07) is 3.96. The van der Waals surface area contributed by atoms with Crippen LogP contribution in [0.4, 0.5) is 0 Å². The zero-order valence-electron chi connectivity index (χ0n) is 12.0. The van der Waals surface area contributed by atoms with Crippen LogP contribution in [0.2, 0.25) is 0 Å². The highest BCUT2D eigenvalue weighted by atomic mass is 16.1. The Bertz CT molecular complexity index is 400. The third kappa shape index (κ3) is 3.95. The molecule has 0 aliphatic heterocycles. The molecule has 0 heterocycles. The number of carbonyl (C=O) groups excluding carboxylic acids is 1. The number of unbranched alkanes of at least 4 members (excludes halogenated alkanes) is 1. The summed E-state index contributed by atoms with van der Waals surface area (Å²) in [5.74, 6) is 0.165. The summed E-state index contributed by atoms with van der Waals surface area (Å²) in [7, 11) is 0. The first kappa shape index (κ1) is 14.9. The molecule has 2 N–H and O–H groups in total. The van der Waals surface area contributed by atoms with Crippen LogP contribution in [-0.4, -0.2) is 11.8 Å². The molecule has 1 unspecified atom stereocenters. The third-order valence-electron chi connectivity index (χ3n) is 3.47. The minimum absolute atomic E-state index is 0.165. The molecular weight excluding hydrogens is 222 g/mol. The standard InChI is InChI=1S/C16H25NO/c1-5-6-7-15(17)16(18)10-14-12(3)8-11(2)9-13(14)4/h8-9,15H,5-7,10,17H2,1-4H3. The fourth-order valence-electron chi connectivity index (χ4n) is 2.38. The van der Waals surface area contributed by atoms with Crippen molar-refractivity contribution in [1.29, 1.82) is 0 Å². The number of aryl methyl sites for hydroxylation is 3. The van der Waals surface area contributed by atoms with E-state index in [2.05, 4.69) is 39.8 Å². The Morgan fingerprint density at radius 3 is 2.28 bits per heavy atom. The SMILES string of the molecule is CCCCC(N)C(=O)Cc1c(C)cc(C)cc1C. The maximum atomic E-state index is 12.1. The van der Waals surface area contributed by atoms with E-state index in [-0.39, 0.29) is 11.8 Å². The summed E-state index contributed by atoms with van der Waals surface area (Å²) in [6.45, 7) is 8.34. The molecule has 0 saturated heterocycles. The lowest BCUT2D eigenvalue weighted by atomic mass is 9.93. The van der Waals surface area contributed by atoms with Gasteiger partial charge in [-0.2, -0.15) is 0 Å². The molecule has 2 nitrogen and oxygen atoms in total. The van der Waals surface area contributed by atoms with Crippen LogP contribution >= 0.6 is 0 Å². The minimum Gasteiger partial charge on any atom is -0.321 e. The van der Waals surface area contributed by atoms with Crippen LogP contribution in [0.15, 0.2) is 12.1 Å². The van der Waals surface area contributed by atoms with Gasteiger partial charge in [-0.3, -0.25) is 4.79 Å². The van der Waals surface area contributed by atoms with Crippen molar-refractivity contribution in [2.24, 2.45) is 5.73 Å². The summed E-state index contributed by atoms with van der Waals surface area (Å²) in [4.78, 5) is 12.1. The maximum absolute atomic E-state index is 12.1. The molecule has 0 bridgehead atoms. The zero-order valence-corrected chi connectivity index (χ0v) is 12.0. The van der Waals surface area contributed by atoms with Gasteiger partial charge in [0.25, 0.3) is 0 Å². The smallest absolute Gasteiger partial charge is 0.153 e. The Labute approximate surface area is 111 Å². The average molecular weight is 247 g/mol. The second-order valence-corrected chi connectivity index (χ2v) is 5.27. The molecule has 0 aliphatic rings. The van der Waals surface area contributed by atoms with Gasteiger partial charge in [0, 0.05) is 6.42 Å². The van der Waals surface area contributed by atoms with Crippen molar-refractivity contribution < 1.29 is 4.79 Å². The van der Waals surface area contributed by atoms with E-state index < -0.39 is 0 Å². The Hall–Kier alpha value is -1.15. The highest BCUT2D eigenvalue weighted by Gasteiger charge is 2.15. The van der Waals surface area contributed by atoms with E-state index in [0.29, 0.717) is 6.42 Å². The molecule has 0 amide bonds. The molecule has 1 aromatic rings. The van der Waals surface area contributed by atoms with E-state index in [4.69, 9.17) is 5.73 Å². The number of carbonyl (C=O) groups is 1. The number of hydrogen-bond acceptors (Lipinski definition) is 2. The van der Waals surface area contributed by atoms with Crippen molar-refractivity contribution in [3.8, 4) is 0 Å². The van der Waals surface area contributed by atoms with E-state index in [1.807, 2.05) is 0 Å². The Morgan fingerprint density at radius 1 is 1.22 bits per heavy atom. The summed E-state index contributed by atoms with van der Waals surface area (Å²) >= 11 is 0. The topological polar surface area (TPSA) is 43.1 Å². The van der Waals surface area contributed by atoms with E-state index in [9.17, 15) is 4.79 Å². The van der Waals surface area contributed by atoms with E-state index in [1.165, 1.54) is 16.7 Å². The zero-order chi connectivity index (χ0) is 13.7. The molecular formula is C16H25NO. The Kier molecular flexibility index (Phi) is 5.54. The lowest BCUT2D eigenvalue weighted by molar-refractivity contribution is -0.119. The van der Waals surface area contributed by atoms with Crippen LogP contribution in [0, 0.1) is 20.8 Å². The van der Waals surface area contributed by atoms with Crippen LogP contribution < -0.4 is 5.73 Å². The van der Waals surface area contributed by atoms with Gasteiger partial charge in [-0.1, -0.05) is 37.5 Å². The van der Waals surface area contributed by atoms with Gasteiger partial charge in [0.2, 0.25) is 0 Å². The first-order valence-corrected chi connectivity index (χ1v) is 6.80. The molecule has 0 aliphatic carbocycles. The summed E-state index contributed by atoms with van der Waals surface area (Å²) in [5.41, 5.74) is 10.7. The molecule has 0 radical (unpaired) electrons. The largest absolute Gasteiger partial charge is 0.321 e. The van der Waals surface area contributed by atoms with Gasteiger partial charge < -0.3 is 5.73 Å². The molecule has 18 heavy (non-hydrogen) atoms. The van der Waals surface area contributed by atoms with Crippen LogP contribution in [-0.2, 0) is 11.2 Å². The van der Waals surface area contributed by atoms with Crippen LogP contribution in [0.3, 0.4) is 0 Å². The summed E-state index contributed by atoms with van der Waals surface area (Å²) in [6.07, 6.45) is 3.39. The Morgan fingerprint density at radius 2 is 1.78 bits per heavy atom. The maximum Gasteiger partial charge on any atom is 0.153 e. The van der Waals surface area contributed by atoms with E-state index >= 15 is 0 Å². The van der Waals surface area contributed by atoms with Gasteiger partial charge in [0.15, 0.2) is 5.78 Å². The van der Waals surface area contributed by atoms with E-state index in [1.54, 1.807) is 0 Å². The number of ketones is 1. The molecule has 1 rings (SSSR count). The lowest BCUT2D eigenvalue weighted by Gasteiger charge is -2.14. The Balaban J connectivity index is 2.76. The molecule has 2 heteroatoms. The predicted molar refractivity (Wildman–Crippen MR) is 76.9 cm³/mol. The van der Waals surface area contributed by atoms with Gasteiger partial charge >= 0.3 is 0 Å². The monoisotopic (exact) mass is 247 g/mol. The predicted octanol–water partition coefficient (Wildman–Crippen LogP) is 3.24. The molecule has 0 saturated carbocycles. The second kappa shape index (κ2) is 6.69. The molecule has 100 valence electrons. The second-order valence-electron chi connectivity index (χ2n) is 5.27. The van der Waals surface area contributed by atoms with Gasteiger partial charge in [-0.15, -0.1) is 0 Å². The average Bonchev–Trinajstić information content (AvgIpc) is 2.30. The van der Waals surface area contributed by atoms with Crippen LogP contribution in [0.25, 0.3) is 0 Å². The normalized spacial score (nSPS) is 12.5. The minimum atomic E-state index is -0.301. The van der Waals surface area contributed by atoms with Crippen LogP contribution in [0.5, 0.6) is 0 Å². The van der Waals surface area contributed by atoms with Crippen molar-refractivity contribution in [1.82, 2.24) is 0 Å². The molecule has 0 aromatic heterocycles. The first-order valence-electron chi connectivity index (χ1n) is 6.80. The quantitative estimate of drug-likeness (QED) is 0.838. The van der Waals surface area contributed by atoms with Crippen molar-refractivity contribution in [2.75, 3.05) is 0 Å². The number of benzene rings is 1. The van der Waals surface area contributed by atoms with Crippen molar-refractivity contribution >= 4 is 5.78 Å². The van der Waals surface area contributed by atoms with Crippen LogP contribution in [0.1, 0.15) is 48.4 Å². The fourth-order valence-corrected chi connectivity index (χ4v) is 2.38. The first-order chi connectivity index (χ1) is 8.45. The van der Waals surface area contributed by atoms with Gasteiger partial charge in [-0.05, 0) is 43.9 Å². The molecule has 1 atom stereocenters. The number of nitrogens with two attached hydrogens (primary N) is 1. The van der Waals surface area contributed by atoms with Gasteiger partial charge in [0.05, 0.1) is 6.04 Å². The van der Waals surface area contributed by atoms with Crippen molar-refractivity contribution in [2.45, 2.75) is 59.4 Å². The molecule has 0 spiro atoms. The van der Waals surface area contributed by atoms with Gasteiger partial charge in [0.1, 0.15) is 0 Å². The third-order valence-corrected chi connectivity index (χ3v) is 3.47. The molecule has 0 fully saturated rings. The number of rotatable bonds is 6. The van der Waals surface area contributed by atoms with E-state index in [0.717, 1.165) is 24.8 Å². The number of hydrogen-bond donors (Lipinski definition) is 1. The molecule has 1 aromatic carbocycles. The van der Waals surface area contributed by atoms with Gasteiger partial charge in [-0.25, -0.2) is 0 Å². The summed E-state index contributed by atoms with van der Waals surface area (Å²) < 4.78 is 0. The summed E-state index contributed by atoms with van der Waals surface area (Å²) in [5, 5.41) is 0. The highest BCUT2D eigenvalue weighted by Crippen LogP contribution is 2.18. The number of Topliss-reactive ketones (excluding diaryl/α,β-unsaturated/α-hetero) is 1.